The molecular weight excluding hydrogens is 306 g/mol. The molecule has 0 unspecified atom stereocenters. The van der Waals surface area contributed by atoms with Gasteiger partial charge in [0.1, 0.15) is 11.2 Å². The lowest BCUT2D eigenvalue weighted by atomic mass is 10.1. The van der Waals surface area contributed by atoms with Crippen LogP contribution in [-0.2, 0) is 16.1 Å². The Kier molecular flexibility index (Phi) is 6.54. The number of esters is 1. The zero-order valence-electron chi connectivity index (χ0n) is 14.1. The smallest absolute Gasteiger partial charge is 0.305 e. The van der Waals surface area contributed by atoms with E-state index in [4.69, 9.17) is 14.9 Å². The van der Waals surface area contributed by atoms with E-state index < -0.39 is 0 Å². The van der Waals surface area contributed by atoms with Gasteiger partial charge in [-0.1, -0.05) is 0 Å². The summed E-state index contributed by atoms with van der Waals surface area (Å²) < 4.78 is 11.7. The van der Waals surface area contributed by atoms with Crippen molar-refractivity contribution < 1.29 is 14.3 Å². The van der Waals surface area contributed by atoms with Crippen LogP contribution in [0.4, 0.5) is 0 Å². The number of hydrogen-bond acceptors (Lipinski definition) is 5. The first-order valence-electron chi connectivity index (χ1n) is 8.07. The summed E-state index contributed by atoms with van der Waals surface area (Å²) in [5.74, 6) is 0.622. The molecule has 1 N–H and O–H groups in total. The summed E-state index contributed by atoms with van der Waals surface area (Å²) in [5, 5.41) is 12.5. The van der Waals surface area contributed by atoms with Crippen LogP contribution in [0.15, 0.2) is 36.4 Å². The summed E-state index contributed by atoms with van der Waals surface area (Å²) in [6.45, 7) is 2.81. The number of carbonyl (C=O) groups excluding carboxylic acids is 1. The quantitative estimate of drug-likeness (QED) is 0.597. The molecular formula is C18H23N3O3. The van der Waals surface area contributed by atoms with Crippen LogP contribution in [0.1, 0.15) is 26.2 Å². The maximum Gasteiger partial charge on any atom is 0.305 e. The number of nitrogens with one attached hydrogen (secondary N) is 1. The molecule has 128 valence electrons. The van der Waals surface area contributed by atoms with E-state index in [2.05, 4.69) is 5.10 Å². The van der Waals surface area contributed by atoms with Gasteiger partial charge in [-0.05, 0) is 56.2 Å². The molecule has 2 aromatic rings. The van der Waals surface area contributed by atoms with Crippen molar-refractivity contribution in [3.05, 3.63) is 41.9 Å². The van der Waals surface area contributed by atoms with Gasteiger partial charge < -0.3 is 9.47 Å². The molecule has 24 heavy (non-hydrogen) atoms. The number of hydrogen-bond donors (Lipinski definition) is 1. The minimum Gasteiger partial charge on any atom is -0.497 e. The minimum atomic E-state index is -0.173. The van der Waals surface area contributed by atoms with Crippen molar-refractivity contribution >= 4 is 5.97 Å². The standard InChI is InChI=1S/C18H23N3O3/c1-3-24-18(22)6-4-5-13-21-17(19)12-11-16(20-21)14-7-9-15(23-2)10-8-14/h7-12,19H,3-6,13H2,1-2H3. The molecule has 0 bridgehead atoms. The van der Waals surface area contributed by atoms with Crippen molar-refractivity contribution in [2.24, 2.45) is 0 Å². The minimum absolute atomic E-state index is 0.173. The first-order chi connectivity index (χ1) is 11.6. The molecule has 0 amide bonds. The fourth-order valence-corrected chi connectivity index (χ4v) is 2.31. The summed E-state index contributed by atoms with van der Waals surface area (Å²) in [5.41, 5.74) is 2.12. The molecule has 0 radical (unpaired) electrons. The van der Waals surface area contributed by atoms with E-state index in [0.717, 1.165) is 29.8 Å². The second-order valence-corrected chi connectivity index (χ2v) is 5.32. The van der Waals surface area contributed by atoms with Gasteiger partial charge in [-0.3, -0.25) is 10.2 Å². The summed E-state index contributed by atoms with van der Waals surface area (Å²) in [4.78, 5) is 11.3. The third-order valence-corrected chi connectivity index (χ3v) is 3.60. The Balaban J connectivity index is 2.00. The third-order valence-electron chi connectivity index (χ3n) is 3.60. The van der Waals surface area contributed by atoms with E-state index in [1.54, 1.807) is 24.8 Å². The molecule has 1 heterocycles. The van der Waals surface area contributed by atoms with E-state index in [0.29, 0.717) is 25.1 Å². The van der Waals surface area contributed by atoms with E-state index in [1.165, 1.54) is 0 Å². The van der Waals surface area contributed by atoms with Crippen LogP contribution in [0.2, 0.25) is 0 Å². The fourth-order valence-electron chi connectivity index (χ4n) is 2.31. The van der Waals surface area contributed by atoms with E-state index in [1.807, 2.05) is 30.3 Å². The Bertz CT molecular complexity index is 723. The maximum atomic E-state index is 11.3. The van der Waals surface area contributed by atoms with Gasteiger partial charge in [0.2, 0.25) is 0 Å². The summed E-state index contributed by atoms with van der Waals surface area (Å²) in [6, 6.07) is 11.2. The average Bonchev–Trinajstić information content (AvgIpc) is 2.60. The van der Waals surface area contributed by atoms with Gasteiger partial charge in [0.25, 0.3) is 0 Å². The van der Waals surface area contributed by atoms with Gasteiger partial charge in [0.05, 0.1) is 19.4 Å². The highest BCUT2D eigenvalue weighted by Gasteiger charge is 2.04. The average molecular weight is 329 g/mol. The number of benzene rings is 1. The van der Waals surface area contributed by atoms with Crippen molar-refractivity contribution in [1.29, 1.82) is 5.41 Å². The summed E-state index contributed by atoms with van der Waals surface area (Å²) >= 11 is 0. The Morgan fingerprint density at radius 1 is 1.17 bits per heavy atom. The number of unbranched alkanes of at least 4 members (excludes halogenated alkanes) is 1. The van der Waals surface area contributed by atoms with Crippen LogP contribution in [0, 0.1) is 5.41 Å². The van der Waals surface area contributed by atoms with Gasteiger partial charge in [0.15, 0.2) is 0 Å². The molecule has 0 aliphatic rings. The van der Waals surface area contributed by atoms with Crippen molar-refractivity contribution in [3.63, 3.8) is 0 Å². The van der Waals surface area contributed by atoms with Gasteiger partial charge in [-0.2, -0.15) is 5.10 Å². The Labute approximate surface area is 141 Å². The highest BCUT2D eigenvalue weighted by Crippen LogP contribution is 2.19. The Hall–Kier alpha value is -2.63. The van der Waals surface area contributed by atoms with Gasteiger partial charge in [0, 0.05) is 18.5 Å². The van der Waals surface area contributed by atoms with Crippen molar-refractivity contribution in [2.45, 2.75) is 32.7 Å². The molecule has 0 spiro atoms. The van der Waals surface area contributed by atoms with Crippen molar-refractivity contribution in [1.82, 2.24) is 9.78 Å². The van der Waals surface area contributed by atoms with Crippen LogP contribution < -0.4 is 10.2 Å². The highest BCUT2D eigenvalue weighted by molar-refractivity contribution is 5.69. The van der Waals surface area contributed by atoms with Gasteiger partial charge >= 0.3 is 5.97 Å². The molecule has 6 heteroatoms. The van der Waals surface area contributed by atoms with Crippen molar-refractivity contribution in [2.75, 3.05) is 13.7 Å². The van der Waals surface area contributed by atoms with Crippen LogP contribution in [0.25, 0.3) is 11.3 Å². The Morgan fingerprint density at radius 2 is 1.92 bits per heavy atom. The van der Waals surface area contributed by atoms with Crippen molar-refractivity contribution in [3.8, 4) is 17.0 Å². The van der Waals surface area contributed by atoms with E-state index >= 15 is 0 Å². The number of rotatable bonds is 8. The predicted molar refractivity (Wildman–Crippen MR) is 90.6 cm³/mol. The second kappa shape index (κ2) is 8.86. The van der Waals surface area contributed by atoms with Crippen LogP contribution in [0.5, 0.6) is 5.75 Å². The fraction of sp³-hybridized carbons (Fsp3) is 0.389. The van der Waals surface area contributed by atoms with Crippen LogP contribution in [0.3, 0.4) is 0 Å². The molecule has 0 saturated heterocycles. The highest BCUT2D eigenvalue weighted by atomic mass is 16.5. The van der Waals surface area contributed by atoms with Crippen LogP contribution >= 0.6 is 0 Å². The Morgan fingerprint density at radius 3 is 2.58 bits per heavy atom. The predicted octanol–water partition coefficient (Wildman–Crippen LogP) is 2.77. The lowest BCUT2D eigenvalue weighted by Gasteiger charge is -2.09. The van der Waals surface area contributed by atoms with E-state index in [9.17, 15) is 4.79 Å². The largest absolute Gasteiger partial charge is 0.497 e. The summed E-state index contributed by atoms with van der Waals surface area (Å²) in [6.07, 6.45) is 1.90. The first kappa shape index (κ1) is 17.7. The SMILES string of the molecule is CCOC(=O)CCCCn1nc(-c2ccc(OC)cc2)ccc1=N. The third kappa shape index (κ3) is 4.94. The lowest BCUT2D eigenvalue weighted by molar-refractivity contribution is -0.143. The lowest BCUT2D eigenvalue weighted by Crippen LogP contribution is -2.22. The monoisotopic (exact) mass is 329 g/mol. The molecule has 1 aromatic heterocycles. The zero-order chi connectivity index (χ0) is 17.4. The topological polar surface area (TPSA) is 77.2 Å². The second-order valence-electron chi connectivity index (χ2n) is 5.32. The number of nitrogens with zero attached hydrogens (tertiary/aromatic N) is 2. The molecule has 0 fully saturated rings. The molecule has 6 nitrogen and oxygen atoms in total. The van der Waals surface area contributed by atoms with Gasteiger partial charge in [-0.25, -0.2) is 4.68 Å². The number of aromatic nitrogens is 2. The number of ether oxygens (including phenoxy) is 2. The van der Waals surface area contributed by atoms with Gasteiger partial charge in [-0.15, -0.1) is 0 Å². The molecule has 0 aliphatic carbocycles. The number of methoxy groups -OCH3 is 1. The maximum absolute atomic E-state index is 11.3. The molecule has 2 rings (SSSR count). The first-order valence-corrected chi connectivity index (χ1v) is 8.07. The number of aryl methyl sites for hydroxylation is 1. The zero-order valence-corrected chi connectivity index (χ0v) is 14.1. The summed E-state index contributed by atoms with van der Waals surface area (Å²) in [7, 11) is 1.63. The normalized spacial score (nSPS) is 10.4. The molecule has 0 atom stereocenters. The van der Waals surface area contributed by atoms with Crippen LogP contribution in [-0.4, -0.2) is 29.5 Å². The van der Waals surface area contributed by atoms with E-state index in [-0.39, 0.29) is 5.97 Å². The molecule has 0 saturated carbocycles. The molecule has 1 aromatic carbocycles. The number of carbonyl (C=O) groups is 1. The molecule has 0 aliphatic heterocycles.